The Morgan fingerprint density at radius 2 is 1.68 bits per heavy atom. The van der Waals surface area contributed by atoms with Gasteiger partial charge in [0.15, 0.2) is 0 Å². The molecule has 0 saturated heterocycles. The largest absolute Gasteiger partial charge is 0.422 e. The van der Waals surface area contributed by atoms with E-state index in [0.29, 0.717) is 16.8 Å². The molecule has 0 saturated carbocycles. The molecule has 1 aromatic heterocycles. The van der Waals surface area contributed by atoms with Gasteiger partial charge >= 0.3 is 5.63 Å². The fraction of sp³-hybridized carbons (Fsp3) is 0.111. The van der Waals surface area contributed by atoms with Gasteiger partial charge in [-0.05, 0) is 17.7 Å². The minimum atomic E-state index is -0.387. The summed E-state index contributed by atoms with van der Waals surface area (Å²) in [4.78, 5) is 24.6. The van der Waals surface area contributed by atoms with Gasteiger partial charge < -0.3 is 9.73 Å². The Morgan fingerprint density at radius 1 is 0.955 bits per heavy atom. The van der Waals surface area contributed by atoms with Crippen molar-refractivity contribution in [2.75, 3.05) is 5.32 Å². The van der Waals surface area contributed by atoms with Gasteiger partial charge in [-0.2, -0.15) is 0 Å². The first-order chi connectivity index (χ1) is 10.7. The van der Waals surface area contributed by atoms with Crippen LogP contribution in [0.25, 0.3) is 11.0 Å². The van der Waals surface area contributed by atoms with Crippen LogP contribution in [0.2, 0.25) is 0 Å². The molecule has 108 valence electrons. The third-order valence-electron chi connectivity index (χ3n) is 4.05. The summed E-state index contributed by atoms with van der Waals surface area (Å²) in [6.07, 6.45) is 0.250. The Hall–Kier alpha value is -2.88. The predicted octanol–water partition coefficient (Wildman–Crippen LogP) is 3.27. The van der Waals surface area contributed by atoms with E-state index in [1.807, 2.05) is 42.5 Å². The first-order valence-corrected chi connectivity index (χ1v) is 7.14. The van der Waals surface area contributed by atoms with E-state index in [4.69, 9.17) is 4.42 Å². The summed E-state index contributed by atoms with van der Waals surface area (Å²) in [6, 6.07) is 16.8. The number of benzene rings is 2. The smallest absolute Gasteiger partial charge is 0.342 e. The zero-order valence-corrected chi connectivity index (χ0v) is 11.7. The van der Waals surface area contributed by atoms with Crippen LogP contribution >= 0.6 is 0 Å². The van der Waals surface area contributed by atoms with Gasteiger partial charge in [-0.1, -0.05) is 42.5 Å². The zero-order valence-electron chi connectivity index (χ0n) is 11.7. The highest BCUT2D eigenvalue weighted by Gasteiger charge is 2.31. The van der Waals surface area contributed by atoms with Crippen molar-refractivity contribution in [2.45, 2.75) is 12.3 Å². The fourth-order valence-electron chi connectivity index (χ4n) is 3.06. The lowest BCUT2D eigenvalue weighted by Crippen LogP contribution is -2.28. The van der Waals surface area contributed by atoms with E-state index in [1.165, 1.54) is 0 Å². The molecule has 22 heavy (non-hydrogen) atoms. The van der Waals surface area contributed by atoms with Crippen molar-refractivity contribution in [3.63, 3.8) is 0 Å². The minimum absolute atomic E-state index is 0.0860. The number of amides is 1. The molecule has 3 aromatic rings. The molecule has 2 heterocycles. The maximum Gasteiger partial charge on any atom is 0.342 e. The maximum absolute atomic E-state index is 12.5. The second-order valence-electron chi connectivity index (χ2n) is 5.39. The van der Waals surface area contributed by atoms with Gasteiger partial charge in [0.05, 0.1) is 11.3 Å². The Kier molecular flexibility index (Phi) is 2.82. The highest BCUT2D eigenvalue weighted by atomic mass is 16.4. The first kappa shape index (κ1) is 12.8. The second kappa shape index (κ2) is 4.84. The van der Waals surface area contributed by atoms with E-state index in [9.17, 15) is 9.59 Å². The van der Waals surface area contributed by atoms with Crippen molar-refractivity contribution in [3.05, 3.63) is 76.1 Å². The molecule has 4 heteroatoms. The topological polar surface area (TPSA) is 59.3 Å². The summed E-state index contributed by atoms with van der Waals surface area (Å²) in [5, 5.41) is 3.60. The van der Waals surface area contributed by atoms with Gasteiger partial charge in [0, 0.05) is 17.7 Å². The molecule has 0 radical (unpaired) electrons. The quantitative estimate of drug-likeness (QED) is 0.700. The van der Waals surface area contributed by atoms with Crippen LogP contribution in [0.1, 0.15) is 23.5 Å². The van der Waals surface area contributed by atoms with Crippen LogP contribution in [0.3, 0.4) is 0 Å². The SMILES string of the molecule is O=C1CC(c2ccccc2)c2c(c3ccccc3oc2=O)N1. The van der Waals surface area contributed by atoms with Crippen molar-refractivity contribution < 1.29 is 9.21 Å². The Balaban J connectivity index is 2.04. The number of nitrogens with one attached hydrogen (secondary N) is 1. The van der Waals surface area contributed by atoms with E-state index >= 15 is 0 Å². The van der Waals surface area contributed by atoms with E-state index in [-0.39, 0.29) is 23.9 Å². The maximum atomic E-state index is 12.5. The molecule has 4 nitrogen and oxygen atoms in total. The molecule has 2 aromatic carbocycles. The number of hydrogen-bond donors (Lipinski definition) is 1. The minimum Gasteiger partial charge on any atom is -0.422 e. The molecule has 1 aliphatic rings. The first-order valence-electron chi connectivity index (χ1n) is 7.14. The van der Waals surface area contributed by atoms with Crippen LogP contribution in [-0.4, -0.2) is 5.91 Å². The lowest BCUT2D eigenvalue weighted by atomic mass is 9.85. The molecule has 1 atom stereocenters. The fourth-order valence-corrected chi connectivity index (χ4v) is 3.06. The molecule has 0 spiro atoms. The van der Waals surface area contributed by atoms with Crippen molar-refractivity contribution >= 4 is 22.6 Å². The van der Waals surface area contributed by atoms with Crippen LogP contribution in [0.15, 0.2) is 63.8 Å². The van der Waals surface area contributed by atoms with Gasteiger partial charge in [-0.15, -0.1) is 0 Å². The standard InChI is InChI=1S/C18H13NO3/c20-15-10-13(11-6-2-1-3-7-11)16-17(19-15)12-8-4-5-9-14(12)22-18(16)21/h1-9,13H,10H2,(H,19,20). The van der Waals surface area contributed by atoms with Crippen LogP contribution in [-0.2, 0) is 4.79 Å². The van der Waals surface area contributed by atoms with E-state index < -0.39 is 0 Å². The number of anilines is 1. The second-order valence-corrected chi connectivity index (χ2v) is 5.39. The molecule has 1 aliphatic heterocycles. The summed E-state index contributed by atoms with van der Waals surface area (Å²) in [5.74, 6) is -0.358. The lowest BCUT2D eigenvalue weighted by Gasteiger charge is -2.25. The molecular formula is C18H13NO3. The summed E-state index contributed by atoms with van der Waals surface area (Å²) in [6.45, 7) is 0. The summed E-state index contributed by atoms with van der Waals surface area (Å²) < 4.78 is 5.44. The summed E-state index contributed by atoms with van der Waals surface area (Å²) >= 11 is 0. The number of carbonyl (C=O) groups excluding carboxylic acids is 1. The van der Waals surface area contributed by atoms with E-state index in [0.717, 1.165) is 10.9 Å². The van der Waals surface area contributed by atoms with Crippen molar-refractivity contribution in [2.24, 2.45) is 0 Å². The number of para-hydroxylation sites is 1. The Morgan fingerprint density at radius 3 is 2.50 bits per heavy atom. The van der Waals surface area contributed by atoms with Gasteiger partial charge in [0.2, 0.25) is 5.91 Å². The van der Waals surface area contributed by atoms with Crippen molar-refractivity contribution in [1.29, 1.82) is 0 Å². The highest BCUT2D eigenvalue weighted by Crippen LogP contribution is 2.38. The molecule has 0 bridgehead atoms. The third-order valence-corrected chi connectivity index (χ3v) is 4.05. The van der Waals surface area contributed by atoms with Gasteiger partial charge in [-0.3, -0.25) is 4.79 Å². The van der Waals surface area contributed by atoms with Crippen molar-refractivity contribution in [1.82, 2.24) is 0 Å². The predicted molar refractivity (Wildman–Crippen MR) is 84.0 cm³/mol. The monoisotopic (exact) mass is 291 g/mol. The number of carbonyl (C=O) groups is 1. The summed E-state index contributed by atoms with van der Waals surface area (Å²) in [7, 11) is 0. The van der Waals surface area contributed by atoms with Crippen LogP contribution in [0.4, 0.5) is 5.69 Å². The van der Waals surface area contributed by atoms with Crippen molar-refractivity contribution in [3.8, 4) is 0 Å². The average molecular weight is 291 g/mol. The van der Waals surface area contributed by atoms with Gasteiger partial charge in [0.25, 0.3) is 0 Å². The molecule has 1 N–H and O–H groups in total. The number of hydrogen-bond acceptors (Lipinski definition) is 3. The summed E-state index contributed by atoms with van der Waals surface area (Å²) in [5.41, 5.74) is 2.16. The average Bonchev–Trinajstić information content (AvgIpc) is 2.55. The van der Waals surface area contributed by atoms with E-state index in [1.54, 1.807) is 12.1 Å². The van der Waals surface area contributed by atoms with Crippen LogP contribution in [0.5, 0.6) is 0 Å². The Labute approximate surface area is 126 Å². The number of fused-ring (bicyclic) bond motifs is 3. The van der Waals surface area contributed by atoms with E-state index in [2.05, 4.69) is 5.32 Å². The van der Waals surface area contributed by atoms with Crippen LogP contribution < -0.4 is 10.9 Å². The molecular weight excluding hydrogens is 278 g/mol. The van der Waals surface area contributed by atoms with Gasteiger partial charge in [0.1, 0.15) is 5.58 Å². The Bertz CT molecular complexity index is 928. The number of rotatable bonds is 1. The molecule has 1 amide bonds. The normalized spacial score (nSPS) is 17.1. The van der Waals surface area contributed by atoms with Crippen LogP contribution in [0, 0.1) is 0 Å². The molecule has 4 rings (SSSR count). The molecule has 1 unspecified atom stereocenters. The molecule has 0 aliphatic carbocycles. The zero-order chi connectivity index (χ0) is 15.1. The van der Waals surface area contributed by atoms with Gasteiger partial charge in [-0.25, -0.2) is 4.79 Å². The molecule has 0 fully saturated rings. The third kappa shape index (κ3) is 1.92. The highest BCUT2D eigenvalue weighted by molar-refractivity contribution is 6.04. The lowest BCUT2D eigenvalue weighted by molar-refractivity contribution is -0.116.